The summed E-state index contributed by atoms with van der Waals surface area (Å²) in [5, 5.41) is 0. The quantitative estimate of drug-likeness (QED) is 0.347. The van der Waals surface area contributed by atoms with Gasteiger partial charge in [0.25, 0.3) is 5.91 Å². The number of amides is 1. The van der Waals surface area contributed by atoms with Crippen LogP contribution in [0.25, 0.3) is 10.2 Å². The first-order chi connectivity index (χ1) is 16.4. The summed E-state index contributed by atoms with van der Waals surface area (Å²) in [5.41, 5.74) is 1.00. The van der Waals surface area contributed by atoms with Crippen LogP contribution in [0.5, 0.6) is 5.75 Å². The van der Waals surface area contributed by atoms with Crippen LogP contribution in [0, 0.1) is 5.92 Å². The van der Waals surface area contributed by atoms with Gasteiger partial charge < -0.3 is 9.30 Å². The highest BCUT2D eigenvalue weighted by Crippen LogP contribution is 2.27. The second-order valence-electron chi connectivity index (χ2n) is 7.95. The Kier molecular flexibility index (Phi) is 7.61. The molecule has 2 heterocycles. The number of piperidine rings is 1. The van der Waals surface area contributed by atoms with Gasteiger partial charge in [-0.3, -0.25) is 4.79 Å². The van der Waals surface area contributed by atoms with Gasteiger partial charge in [0.1, 0.15) is 5.75 Å². The number of benzene rings is 2. The topological polar surface area (TPSA) is 81.0 Å². The summed E-state index contributed by atoms with van der Waals surface area (Å²) in [7, 11) is -2.17. The van der Waals surface area contributed by atoms with Crippen molar-refractivity contribution >= 4 is 49.2 Å². The lowest BCUT2D eigenvalue weighted by Gasteiger charge is -2.30. The molecule has 1 atom stereocenters. The smallest absolute Gasteiger partial charge is 0.252 e. The second kappa shape index (κ2) is 10.5. The number of aromatic nitrogens is 1. The lowest BCUT2D eigenvalue weighted by atomic mass is 9.99. The van der Waals surface area contributed by atoms with E-state index in [2.05, 4.69) is 17.6 Å². The molecular formula is C24H27N3O4S3. The number of carbonyl (C=O) groups is 1. The van der Waals surface area contributed by atoms with Crippen LogP contribution in [0.3, 0.4) is 0 Å². The Balaban J connectivity index is 1.61. The lowest BCUT2D eigenvalue weighted by molar-refractivity contribution is -0.122. The third kappa shape index (κ3) is 5.00. The van der Waals surface area contributed by atoms with Gasteiger partial charge in [-0.15, -0.1) is 18.3 Å². The van der Waals surface area contributed by atoms with E-state index in [0.717, 1.165) is 15.1 Å². The maximum atomic E-state index is 13.2. The Hall–Kier alpha value is -2.40. The van der Waals surface area contributed by atoms with Crippen LogP contribution in [0.4, 0.5) is 0 Å². The summed E-state index contributed by atoms with van der Waals surface area (Å²) >= 11 is 3.12. The molecule has 1 saturated heterocycles. The van der Waals surface area contributed by atoms with Gasteiger partial charge in [-0.25, -0.2) is 8.42 Å². The zero-order valence-electron chi connectivity index (χ0n) is 19.1. The Morgan fingerprint density at radius 2 is 2.06 bits per heavy atom. The fraction of sp³-hybridized carbons (Fsp3) is 0.333. The van der Waals surface area contributed by atoms with Crippen molar-refractivity contribution in [3.63, 3.8) is 0 Å². The molecule has 0 radical (unpaired) electrons. The molecule has 0 saturated carbocycles. The van der Waals surface area contributed by atoms with Gasteiger partial charge in [0.2, 0.25) is 10.0 Å². The Morgan fingerprint density at radius 1 is 1.29 bits per heavy atom. The molecule has 34 heavy (non-hydrogen) atoms. The normalized spacial score (nSPS) is 17.7. The molecule has 0 N–H and O–H groups in total. The van der Waals surface area contributed by atoms with Gasteiger partial charge in [-0.1, -0.05) is 17.4 Å². The molecule has 4 rings (SSSR count). The Bertz CT molecular complexity index is 1370. The minimum atomic E-state index is -3.71. The minimum absolute atomic E-state index is 0.125. The van der Waals surface area contributed by atoms with E-state index in [-0.39, 0.29) is 17.3 Å². The number of methoxy groups -OCH3 is 1. The second-order valence-corrected chi connectivity index (χ2v) is 11.8. The van der Waals surface area contributed by atoms with Gasteiger partial charge in [0.05, 0.1) is 28.1 Å². The summed E-state index contributed by atoms with van der Waals surface area (Å²) in [6, 6.07) is 12.5. The number of fused-ring (bicyclic) bond motifs is 1. The monoisotopic (exact) mass is 517 g/mol. The molecule has 0 aliphatic carbocycles. The van der Waals surface area contributed by atoms with Crippen molar-refractivity contribution in [1.82, 2.24) is 8.87 Å². The molecule has 1 unspecified atom stereocenters. The van der Waals surface area contributed by atoms with E-state index in [9.17, 15) is 13.2 Å². The van der Waals surface area contributed by atoms with Gasteiger partial charge in [0.15, 0.2) is 4.80 Å². The number of sulfonamides is 1. The summed E-state index contributed by atoms with van der Waals surface area (Å²) in [4.78, 5) is 19.6. The number of ether oxygens (including phenoxy) is 1. The van der Waals surface area contributed by atoms with Gasteiger partial charge in [0, 0.05) is 24.5 Å². The van der Waals surface area contributed by atoms with Crippen molar-refractivity contribution < 1.29 is 17.9 Å². The van der Waals surface area contributed by atoms with Gasteiger partial charge >= 0.3 is 0 Å². The molecule has 1 amide bonds. The Morgan fingerprint density at radius 3 is 2.74 bits per heavy atom. The van der Waals surface area contributed by atoms with Crippen molar-refractivity contribution in [3.8, 4) is 5.75 Å². The molecule has 10 heteroatoms. The van der Waals surface area contributed by atoms with E-state index in [0.29, 0.717) is 36.5 Å². The standard InChI is InChI=1S/C24H27N3O4S3/c1-4-13-27-21-12-9-19(32-3)15-22(21)33-24(27)25-23(28)17-6-5-14-26(16-17)34(29,30)20-10-7-18(31-2)8-11-20/h4,7-12,15,17H,1,5-6,13-14,16H2,2-3H3. The van der Waals surface area contributed by atoms with Crippen molar-refractivity contribution in [2.45, 2.75) is 29.2 Å². The molecule has 1 fully saturated rings. The highest BCUT2D eigenvalue weighted by atomic mass is 32.2. The number of nitrogens with zero attached hydrogens (tertiary/aromatic N) is 3. The molecule has 180 valence electrons. The van der Waals surface area contributed by atoms with Gasteiger partial charge in [-0.2, -0.15) is 9.30 Å². The number of rotatable bonds is 7. The average molecular weight is 518 g/mol. The SMILES string of the molecule is C=CCn1c(=NC(=O)C2CCCN(S(=O)(=O)c3ccc(OC)cc3)C2)sc2cc(SC)ccc21. The highest BCUT2D eigenvalue weighted by molar-refractivity contribution is 7.98. The first-order valence-corrected chi connectivity index (χ1v) is 14.4. The van der Waals surface area contributed by atoms with Crippen LogP contribution in [0.2, 0.25) is 0 Å². The van der Waals surface area contributed by atoms with Crippen LogP contribution < -0.4 is 9.54 Å². The third-order valence-corrected chi connectivity index (χ3v) is 9.48. The number of allylic oxidation sites excluding steroid dienone is 1. The lowest BCUT2D eigenvalue weighted by Crippen LogP contribution is -2.42. The summed E-state index contributed by atoms with van der Waals surface area (Å²) in [5.74, 6) is -0.180. The van der Waals surface area contributed by atoms with Crippen LogP contribution in [-0.4, -0.2) is 49.7 Å². The van der Waals surface area contributed by atoms with Crippen LogP contribution in [0.15, 0.2) is 69.9 Å². The van der Waals surface area contributed by atoms with Crippen molar-refractivity contribution in [3.05, 3.63) is 59.9 Å². The first kappa shape index (κ1) is 24.7. The van der Waals surface area contributed by atoms with Crippen LogP contribution >= 0.6 is 23.1 Å². The predicted octanol–water partition coefficient (Wildman–Crippen LogP) is 4.15. The first-order valence-electron chi connectivity index (χ1n) is 10.9. The highest BCUT2D eigenvalue weighted by Gasteiger charge is 2.33. The number of hydrogen-bond donors (Lipinski definition) is 0. The average Bonchev–Trinajstić information content (AvgIpc) is 3.20. The number of thioether (sulfide) groups is 1. The van der Waals surface area contributed by atoms with Crippen LogP contribution in [-0.2, 0) is 21.4 Å². The maximum absolute atomic E-state index is 13.2. The number of thiazole rings is 1. The van der Waals surface area contributed by atoms with Crippen molar-refractivity contribution in [2.24, 2.45) is 10.9 Å². The molecule has 1 aromatic heterocycles. The van der Waals surface area contributed by atoms with E-state index in [4.69, 9.17) is 4.74 Å². The van der Waals surface area contributed by atoms with E-state index in [1.54, 1.807) is 30.0 Å². The maximum Gasteiger partial charge on any atom is 0.252 e. The summed E-state index contributed by atoms with van der Waals surface area (Å²) < 4.78 is 35.9. The van der Waals surface area contributed by atoms with E-state index < -0.39 is 15.9 Å². The Labute approximate surface area is 207 Å². The molecule has 3 aromatic rings. The van der Waals surface area contributed by atoms with E-state index >= 15 is 0 Å². The third-order valence-electron chi connectivity index (χ3n) is 5.84. The predicted molar refractivity (Wildman–Crippen MR) is 137 cm³/mol. The number of hydrogen-bond acceptors (Lipinski definition) is 6. The van der Waals surface area contributed by atoms with Crippen molar-refractivity contribution in [2.75, 3.05) is 26.5 Å². The van der Waals surface area contributed by atoms with Crippen LogP contribution in [0.1, 0.15) is 12.8 Å². The fourth-order valence-electron chi connectivity index (χ4n) is 4.02. The van der Waals surface area contributed by atoms with Crippen molar-refractivity contribution in [1.29, 1.82) is 0 Å². The largest absolute Gasteiger partial charge is 0.497 e. The summed E-state index contributed by atoms with van der Waals surface area (Å²) in [6.07, 6.45) is 5.02. The number of carbonyl (C=O) groups excluding carboxylic acids is 1. The molecule has 1 aliphatic rings. The molecule has 7 nitrogen and oxygen atoms in total. The minimum Gasteiger partial charge on any atom is -0.497 e. The zero-order chi connectivity index (χ0) is 24.3. The molecule has 1 aliphatic heterocycles. The van der Waals surface area contributed by atoms with Gasteiger partial charge in [-0.05, 0) is 61.6 Å². The molecule has 2 aromatic carbocycles. The fourth-order valence-corrected chi connectivity index (χ4v) is 7.14. The zero-order valence-corrected chi connectivity index (χ0v) is 21.6. The van der Waals surface area contributed by atoms with E-state index in [1.807, 2.05) is 23.0 Å². The summed E-state index contributed by atoms with van der Waals surface area (Å²) in [6.45, 7) is 4.88. The molecule has 0 bridgehead atoms. The molecule has 0 spiro atoms. The van der Waals surface area contributed by atoms with E-state index in [1.165, 1.54) is 34.9 Å². The molecular weight excluding hydrogens is 490 g/mol.